The number of amides is 2. The summed E-state index contributed by atoms with van der Waals surface area (Å²) >= 11 is 1.49. The van der Waals surface area contributed by atoms with Gasteiger partial charge in [-0.15, -0.1) is 0 Å². The zero-order chi connectivity index (χ0) is 14.4. The second-order valence-electron chi connectivity index (χ2n) is 4.09. The van der Waals surface area contributed by atoms with Crippen LogP contribution in [0, 0.1) is 13.8 Å². The molecule has 104 valence electrons. The van der Waals surface area contributed by atoms with Gasteiger partial charge in [-0.25, -0.2) is 9.97 Å². The van der Waals surface area contributed by atoms with Crippen molar-refractivity contribution in [3.63, 3.8) is 0 Å². The first kappa shape index (κ1) is 15.4. The van der Waals surface area contributed by atoms with Crippen LogP contribution in [0.4, 0.5) is 0 Å². The fourth-order valence-electron chi connectivity index (χ4n) is 1.62. The molecular formula is C12H18N4O2S. The molecule has 1 rings (SSSR count). The predicted octanol–water partition coefficient (Wildman–Crippen LogP) is 0.915. The number of rotatable bonds is 4. The fraction of sp³-hybridized carbons (Fsp3) is 0.500. The zero-order valence-electron chi connectivity index (χ0n) is 11.5. The minimum absolute atomic E-state index is 0.233. The Morgan fingerprint density at radius 3 is 2.21 bits per heavy atom. The molecule has 0 aliphatic heterocycles. The number of aromatic nitrogens is 2. The maximum absolute atomic E-state index is 11.5. The molecule has 0 aliphatic carbocycles. The standard InChI is InChI=1S/C12H18N4O2S/c1-7-10(8(2)14-12(13-7)19-4)5-6-11(18)16-15-9(3)17/h5-6H2,1-4H3,(H,15,17)(H,16,18). The second-order valence-corrected chi connectivity index (χ2v) is 4.86. The molecule has 0 unspecified atom stereocenters. The van der Waals surface area contributed by atoms with Crippen LogP contribution in [0.1, 0.15) is 30.3 Å². The van der Waals surface area contributed by atoms with Crippen molar-refractivity contribution in [2.75, 3.05) is 6.26 Å². The van der Waals surface area contributed by atoms with Crippen LogP contribution in [0.5, 0.6) is 0 Å². The van der Waals surface area contributed by atoms with Crippen molar-refractivity contribution >= 4 is 23.6 Å². The molecule has 2 amide bonds. The van der Waals surface area contributed by atoms with E-state index < -0.39 is 0 Å². The van der Waals surface area contributed by atoms with Crippen molar-refractivity contribution in [2.24, 2.45) is 0 Å². The summed E-state index contributed by atoms with van der Waals surface area (Å²) in [6.07, 6.45) is 2.76. The Labute approximate surface area is 116 Å². The van der Waals surface area contributed by atoms with Crippen molar-refractivity contribution in [2.45, 2.75) is 38.8 Å². The van der Waals surface area contributed by atoms with Gasteiger partial charge in [-0.1, -0.05) is 11.8 Å². The second kappa shape index (κ2) is 7.08. The third kappa shape index (κ3) is 4.86. The third-order valence-electron chi connectivity index (χ3n) is 2.56. The van der Waals surface area contributed by atoms with Crippen LogP contribution >= 0.6 is 11.8 Å². The molecule has 0 radical (unpaired) electrons. The van der Waals surface area contributed by atoms with Gasteiger partial charge in [0.2, 0.25) is 11.8 Å². The molecule has 6 nitrogen and oxygen atoms in total. The van der Waals surface area contributed by atoms with E-state index in [2.05, 4.69) is 20.8 Å². The van der Waals surface area contributed by atoms with Crippen molar-refractivity contribution in [3.05, 3.63) is 17.0 Å². The lowest BCUT2D eigenvalue weighted by Gasteiger charge is -2.10. The Morgan fingerprint density at radius 2 is 1.74 bits per heavy atom. The van der Waals surface area contributed by atoms with Gasteiger partial charge in [0, 0.05) is 24.7 Å². The molecule has 0 saturated carbocycles. The van der Waals surface area contributed by atoms with E-state index in [9.17, 15) is 9.59 Å². The minimum Gasteiger partial charge on any atom is -0.274 e. The van der Waals surface area contributed by atoms with Gasteiger partial charge in [0.1, 0.15) is 0 Å². The zero-order valence-corrected chi connectivity index (χ0v) is 12.3. The highest BCUT2D eigenvalue weighted by molar-refractivity contribution is 7.98. The molecule has 0 aromatic carbocycles. The van der Waals surface area contributed by atoms with Crippen molar-refractivity contribution in [1.29, 1.82) is 0 Å². The molecule has 0 fully saturated rings. The lowest BCUT2D eigenvalue weighted by molar-refractivity contribution is -0.127. The number of carbonyl (C=O) groups excluding carboxylic acids is 2. The smallest absolute Gasteiger partial charge is 0.238 e. The summed E-state index contributed by atoms with van der Waals surface area (Å²) in [4.78, 5) is 30.9. The summed E-state index contributed by atoms with van der Waals surface area (Å²) in [5.41, 5.74) is 7.35. The molecule has 1 heterocycles. The summed E-state index contributed by atoms with van der Waals surface area (Å²) in [7, 11) is 0. The summed E-state index contributed by atoms with van der Waals surface area (Å²) in [5.74, 6) is -0.531. The van der Waals surface area contributed by atoms with E-state index in [0.29, 0.717) is 6.42 Å². The Balaban J connectivity index is 2.63. The molecule has 0 aliphatic rings. The normalized spacial score (nSPS) is 10.1. The molecule has 2 N–H and O–H groups in total. The van der Waals surface area contributed by atoms with Crippen LogP contribution in [-0.4, -0.2) is 28.0 Å². The van der Waals surface area contributed by atoms with Crippen LogP contribution < -0.4 is 10.9 Å². The molecule has 1 aromatic heterocycles. The number of nitrogens with zero attached hydrogens (tertiary/aromatic N) is 2. The van der Waals surface area contributed by atoms with E-state index >= 15 is 0 Å². The first-order valence-electron chi connectivity index (χ1n) is 5.87. The van der Waals surface area contributed by atoms with Crippen LogP contribution in [0.25, 0.3) is 0 Å². The van der Waals surface area contributed by atoms with Gasteiger partial charge >= 0.3 is 0 Å². The van der Waals surface area contributed by atoms with Crippen molar-refractivity contribution in [1.82, 2.24) is 20.8 Å². The Morgan fingerprint density at radius 1 is 1.16 bits per heavy atom. The Bertz CT molecular complexity index is 468. The quantitative estimate of drug-likeness (QED) is 0.487. The highest BCUT2D eigenvalue weighted by Crippen LogP contribution is 2.16. The number of carbonyl (C=O) groups is 2. The van der Waals surface area contributed by atoms with Crippen molar-refractivity contribution < 1.29 is 9.59 Å². The average molecular weight is 282 g/mol. The first-order valence-corrected chi connectivity index (χ1v) is 7.10. The average Bonchev–Trinajstić information content (AvgIpc) is 2.34. The molecular weight excluding hydrogens is 264 g/mol. The van der Waals surface area contributed by atoms with Gasteiger partial charge in [-0.05, 0) is 32.1 Å². The van der Waals surface area contributed by atoms with Gasteiger partial charge in [-0.2, -0.15) is 0 Å². The maximum atomic E-state index is 11.5. The molecule has 1 aromatic rings. The van der Waals surface area contributed by atoms with Gasteiger partial charge in [-0.3, -0.25) is 20.4 Å². The maximum Gasteiger partial charge on any atom is 0.238 e. The van der Waals surface area contributed by atoms with Gasteiger partial charge in [0.05, 0.1) is 0 Å². The molecule has 0 saturated heterocycles. The van der Waals surface area contributed by atoms with Crippen molar-refractivity contribution in [3.8, 4) is 0 Å². The van der Waals surface area contributed by atoms with E-state index in [1.54, 1.807) is 0 Å². The Kier molecular flexibility index (Phi) is 5.75. The molecule has 19 heavy (non-hydrogen) atoms. The number of hydrogen-bond acceptors (Lipinski definition) is 5. The SMILES string of the molecule is CSc1nc(C)c(CCC(=O)NNC(C)=O)c(C)n1. The van der Waals surface area contributed by atoms with Gasteiger partial charge < -0.3 is 0 Å². The van der Waals surface area contributed by atoms with Crippen LogP contribution in [0.2, 0.25) is 0 Å². The lowest BCUT2D eigenvalue weighted by atomic mass is 10.1. The number of hydrogen-bond donors (Lipinski definition) is 2. The summed E-state index contributed by atoms with van der Waals surface area (Å²) in [5, 5.41) is 0.737. The molecule has 0 atom stereocenters. The number of aryl methyl sites for hydroxylation is 2. The summed E-state index contributed by atoms with van der Waals surface area (Å²) in [6.45, 7) is 5.16. The largest absolute Gasteiger partial charge is 0.274 e. The topological polar surface area (TPSA) is 84.0 Å². The van der Waals surface area contributed by atoms with Crippen LogP contribution in [-0.2, 0) is 16.0 Å². The highest BCUT2D eigenvalue weighted by Gasteiger charge is 2.10. The fourth-order valence-corrected chi connectivity index (χ4v) is 2.08. The Hall–Kier alpha value is -1.63. The van der Waals surface area contributed by atoms with E-state index in [0.717, 1.165) is 22.1 Å². The lowest BCUT2D eigenvalue weighted by Crippen LogP contribution is -2.40. The summed E-state index contributed by atoms with van der Waals surface area (Å²) < 4.78 is 0. The van der Waals surface area contributed by atoms with E-state index in [1.807, 2.05) is 20.1 Å². The number of nitrogens with one attached hydrogen (secondary N) is 2. The molecule has 0 bridgehead atoms. The van der Waals surface area contributed by atoms with Gasteiger partial charge in [0.15, 0.2) is 5.16 Å². The monoisotopic (exact) mass is 282 g/mol. The van der Waals surface area contributed by atoms with Gasteiger partial charge in [0.25, 0.3) is 0 Å². The third-order valence-corrected chi connectivity index (χ3v) is 3.11. The van der Waals surface area contributed by atoms with Crippen LogP contribution in [0.3, 0.4) is 0 Å². The summed E-state index contributed by atoms with van der Waals surface area (Å²) in [6, 6.07) is 0. The number of hydrazine groups is 1. The molecule has 0 spiro atoms. The van der Waals surface area contributed by atoms with E-state index in [-0.39, 0.29) is 18.2 Å². The first-order chi connectivity index (χ1) is 8.93. The number of thioether (sulfide) groups is 1. The predicted molar refractivity (Wildman–Crippen MR) is 73.6 cm³/mol. The van der Waals surface area contributed by atoms with E-state index in [1.165, 1.54) is 18.7 Å². The van der Waals surface area contributed by atoms with Crippen LogP contribution in [0.15, 0.2) is 5.16 Å². The minimum atomic E-state index is -0.298. The highest BCUT2D eigenvalue weighted by atomic mass is 32.2. The van der Waals surface area contributed by atoms with E-state index in [4.69, 9.17) is 0 Å². The molecule has 7 heteroatoms.